The number of aryl methyl sites for hydroxylation is 1. The van der Waals surface area contributed by atoms with Gasteiger partial charge in [-0.2, -0.15) is 31.4 Å². The number of nitrogens with one attached hydrogen (secondary N) is 2. The molecule has 35 heavy (non-hydrogen) atoms. The van der Waals surface area contributed by atoms with Gasteiger partial charge in [-0.05, 0) is 30.7 Å². The van der Waals surface area contributed by atoms with Crippen LogP contribution in [0.1, 0.15) is 45.7 Å². The molecule has 1 aromatic heterocycles. The molecule has 1 amide bonds. The summed E-state index contributed by atoms with van der Waals surface area (Å²) in [6, 6.07) is 6.27. The van der Waals surface area contributed by atoms with Crippen LogP contribution in [0.4, 0.5) is 37.8 Å². The molecule has 186 valence electrons. The largest absolute Gasteiger partial charge is 0.416 e. The van der Waals surface area contributed by atoms with Crippen LogP contribution in [-0.2, 0) is 6.18 Å². The zero-order valence-corrected chi connectivity index (χ0v) is 19.2. The van der Waals surface area contributed by atoms with Gasteiger partial charge in [-0.1, -0.05) is 53.0 Å². The third-order valence-electron chi connectivity index (χ3n) is 5.53. The first kappa shape index (κ1) is 25.2. The average molecular weight is 537 g/mol. The normalized spacial score (nSPS) is 18.1. The Morgan fingerprint density at radius 3 is 2.34 bits per heavy atom. The van der Waals surface area contributed by atoms with Crippen molar-refractivity contribution in [3.63, 3.8) is 0 Å². The highest BCUT2D eigenvalue weighted by Crippen LogP contribution is 2.46. The van der Waals surface area contributed by atoms with Crippen LogP contribution in [0.25, 0.3) is 0 Å². The van der Waals surface area contributed by atoms with Crippen molar-refractivity contribution in [3.05, 3.63) is 74.9 Å². The van der Waals surface area contributed by atoms with Crippen LogP contribution in [-0.4, -0.2) is 21.9 Å². The van der Waals surface area contributed by atoms with Crippen LogP contribution in [0.3, 0.4) is 0 Å². The van der Waals surface area contributed by atoms with Crippen molar-refractivity contribution in [1.82, 2.24) is 9.78 Å². The molecule has 5 nitrogen and oxygen atoms in total. The van der Waals surface area contributed by atoms with Gasteiger partial charge in [0, 0.05) is 6.42 Å². The number of hydrogen-bond donors (Lipinski definition) is 2. The third kappa shape index (κ3) is 5.06. The van der Waals surface area contributed by atoms with Gasteiger partial charge in [0.05, 0.1) is 22.3 Å². The van der Waals surface area contributed by atoms with E-state index in [0.717, 1.165) is 17.7 Å². The standard InChI is InChI=1S/C22H16Cl2F6N4O/c1-10-2-4-11(5-3-10)14-9-16(22(28,29)30)34-19(31-14)17(24)18(33-34)20(35)32-15-8-12(21(25,26)27)6-7-13(15)23/h2-8,14,16,31H,9H2,1H3,(H,32,35)/t14-,16+/m0/s1. The molecular weight excluding hydrogens is 521 g/mol. The minimum atomic E-state index is -4.72. The van der Waals surface area contributed by atoms with Gasteiger partial charge >= 0.3 is 12.4 Å². The number of fused-ring (bicyclic) bond motifs is 1. The van der Waals surface area contributed by atoms with Crippen molar-refractivity contribution in [2.75, 3.05) is 10.6 Å². The maximum absolute atomic E-state index is 13.9. The summed E-state index contributed by atoms with van der Waals surface area (Å²) in [5.41, 5.74) is -0.567. The Kier molecular flexibility index (Phi) is 6.43. The number of alkyl halides is 6. The van der Waals surface area contributed by atoms with Crippen molar-refractivity contribution in [2.24, 2.45) is 0 Å². The molecule has 2 heterocycles. The number of aromatic nitrogens is 2. The Hall–Kier alpha value is -2.92. The number of carbonyl (C=O) groups excluding carboxylic acids is 1. The minimum absolute atomic E-state index is 0.211. The molecule has 0 saturated heterocycles. The van der Waals surface area contributed by atoms with Crippen LogP contribution in [0.5, 0.6) is 0 Å². The van der Waals surface area contributed by atoms with Crippen molar-refractivity contribution >= 4 is 40.6 Å². The number of nitrogens with zero attached hydrogens (tertiary/aromatic N) is 2. The van der Waals surface area contributed by atoms with E-state index in [1.165, 1.54) is 0 Å². The number of carbonyl (C=O) groups is 1. The topological polar surface area (TPSA) is 59.0 Å². The zero-order valence-electron chi connectivity index (χ0n) is 17.7. The molecule has 2 N–H and O–H groups in total. The highest BCUT2D eigenvalue weighted by Gasteiger charge is 2.48. The maximum Gasteiger partial charge on any atom is 0.416 e. The second kappa shape index (κ2) is 8.94. The zero-order chi connectivity index (χ0) is 25.7. The van der Waals surface area contributed by atoms with Gasteiger partial charge in [-0.25, -0.2) is 4.68 Å². The molecule has 0 saturated carbocycles. The highest BCUT2D eigenvalue weighted by molar-refractivity contribution is 6.37. The summed E-state index contributed by atoms with van der Waals surface area (Å²) >= 11 is 12.2. The first-order valence-electron chi connectivity index (χ1n) is 10.1. The lowest BCUT2D eigenvalue weighted by Crippen LogP contribution is -2.35. The highest BCUT2D eigenvalue weighted by atomic mass is 35.5. The molecule has 1 aliphatic heterocycles. The molecule has 13 heteroatoms. The molecule has 0 fully saturated rings. The van der Waals surface area contributed by atoms with E-state index < -0.39 is 58.7 Å². The second-order valence-corrected chi connectivity index (χ2v) is 8.79. The first-order valence-corrected chi connectivity index (χ1v) is 10.9. The third-order valence-corrected chi connectivity index (χ3v) is 6.22. The number of halogens is 8. The van der Waals surface area contributed by atoms with Crippen LogP contribution in [0, 0.1) is 6.92 Å². The lowest BCUT2D eigenvalue weighted by molar-refractivity contribution is -0.173. The van der Waals surface area contributed by atoms with Crippen LogP contribution < -0.4 is 10.6 Å². The Labute approximate surface area is 205 Å². The van der Waals surface area contributed by atoms with E-state index >= 15 is 0 Å². The molecule has 0 unspecified atom stereocenters. The van der Waals surface area contributed by atoms with Gasteiger partial charge < -0.3 is 10.6 Å². The number of hydrogen-bond acceptors (Lipinski definition) is 3. The van der Waals surface area contributed by atoms with E-state index in [-0.39, 0.29) is 10.8 Å². The maximum atomic E-state index is 13.9. The Morgan fingerprint density at radius 2 is 1.74 bits per heavy atom. The fourth-order valence-electron chi connectivity index (χ4n) is 3.73. The molecule has 2 atom stereocenters. The predicted octanol–water partition coefficient (Wildman–Crippen LogP) is 7.43. The molecule has 2 aromatic carbocycles. The fourth-order valence-corrected chi connectivity index (χ4v) is 4.16. The number of amides is 1. The summed E-state index contributed by atoms with van der Waals surface area (Å²) in [5.74, 6) is -1.35. The molecule has 1 aliphatic rings. The number of rotatable bonds is 3. The Morgan fingerprint density at radius 1 is 1.09 bits per heavy atom. The van der Waals surface area contributed by atoms with Crippen molar-refractivity contribution in [1.29, 1.82) is 0 Å². The van der Waals surface area contributed by atoms with Gasteiger partial charge in [0.2, 0.25) is 0 Å². The van der Waals surface area contributed by atoms with Crippen LogP contribution >= 0.6 is 23.2 Å². The molecule has 4 rings (SSSR count). The average Bonchev–Trinajstić information content (AvgIpc) is 3.10. The summed E-state index contributed by atoms with van der Waals surface area (Å²) in [6.45, 7) is 1.84. The van der Waals surface area contributed by atoms with Gasteiger partial charge in [0.15, 0.2) is 11.7 Å². The molecule has 0 spiro atoms. The predicted molar refractivity (Wildman–Crippen MR) is 119 cm³/mol. The smallest absolute Gasteiger partial charge is 0.362 e. The van der Waals surface area contributed by atoms with E-state index in [1.54, 1.807) is 24.3 Å². The summed E-state index contributed by atoms with van der Waals surface area (Å²) in [5, 5.41) is 8.19. The quantitative estimate of drug-likeness (QED) is 0.342. The first-order chi connectivity index (χ1) is 16.3. The molecular formula is C22H16Cl2F6N4O. The van der Waals surface area contributed by atoms with Gasteiger partial charge in [0.25, 0.3) is 5.91 Å². The SMILES string of the molecule is Cc1ccc([C@@H]2C[C@H](C(F)(F)F)n3nc(C(=O)Nc4cc(C(F)(F)F)ccc4Cl)c(Cl)c3N2)cc1. The van der Waals surface area contributed by atoms with Crippen molar-refractivity contribution in [2.45, 2.75) is 37.8 Å². The van der Waals surface area contributed by atoms with E-state index in [1.807, 2.05) is 6.92 Å². The number of benzene rings is 2. The Bertz CT molecular complexity index is 1270. The summed E-state index contributed by atoms with van der Waals surface area (Å²) in [4.78, 5) is 12.8. The van der Waals surface area contributed by atoms with E-state index in [4.69, 9.17) is 23.2 Å². The summed E-state index contributed by atoms with van der Waals surface area (Å²) in [7, 11) is 0. The molecule has 0 radical (unpaired) electrons. The minimum Gasteiger partial charge on any atom is -0.362 e. The van der Waals surface area contributed by atoms with Crippen LogP contribution in [0.2, 0.25) is 10.0 Å². The molecule has 0 aliphatic carbocycles. The lowest BCUT2D eigenvalue weighted by Gasteiger charge is -2.33. The lowest BCUT2D eigenvalue weighted by atomic mass is 9.96. The molecule has 3 aromatic rings. The van der Waals surface area contributed by atoms with Crippen LogP contribution in [0.15, 0.2) is 42.5 Å². The van der Waals surface area contributed by atoms with E-state index in [9.17, 15) is 31.1 Å². The van der Waals surface area contributed by atoms with Gasteiger partial charge in [-0.3, -0.25) is 4.79 Å². The van der Waals surface area contributed by atoms with Crippen molar-refractivity contribution < 1.29 is 31.1 Å². The summed E-state index contributed by atoms with van der Waals surface area (Å²) in [6.07, 6.45) is -9.84. The van der Waals surface area contributed by atoms with Gasteiger partial charge in [-0.15, -0.1) is 0 Å². The number of anilines is 2. The van der Waals surface area contributed by atoms with Gasteiger partial charge in [0.1, 0.15) is 10.8 Å². The van der Waals surface area contributed by atoms with E-state index in [0.29, 0.717) is 16.3 Å². The fraction of sp³-hybridized carbons (Fsp3) is 0.273. The second-order valence-electron chi connectivity index (χ2n) is 8.00. The van der Waals surface area contributed by atoms with E-state index in [2.05, 4.69) is 15.7 Å². The van der Waals surface area contributed by atoms with Crippen molar-refractivity contribution in [3.8, 4) is 0 Å². The Balaban J connectivity index is 1.70. The molecule has 0 bridgehead atoms. The monoisotopic (exact) mass is 536 g/mol. The summed E-state index contributed by atoms with van der Waals surface area (Å²) < 4.78 is 81.4.